The zero-order chi connectivity index (χ0) is 32.9. The first kappa shape index (κ1) is 42.6. The van der Waals surface area contributed by atoms with Gasteiger partial charge in [-0.2, -0.15) is 0 Å². The monoisotopic (exact) mass is 627 g/mol. The van der Waals surface area contributed by atoms with E-state index in [1.807, 2.05) is 6.08 Å². The summed E-state index contributed by atoms with van der Waals surface area (Å²) in [6.45, 7) is 4.42. The fraction of sp³-hybridized carbons (Fsp3) is 0.707. The van der Waals surface area contributed by atoms with Gasteiger partial charge in [0.25, 0.3) is 0 Å². The van der Waals surface area contributed by atoms with E-state index in [1.165, 1.54) is 89.9 Å². The molecule has 0 amide bonds. The van der Waals surface area contributed by atoms with E-state index in [-0.39, 0.29) is 18.5 Å². The lowest BCUT2D eigenvalue weighted by Crippen LogP contribution is -2.16. The molecule has 1 unspecified atom stereocenters. The van der Waals surface area contributed by atoms with Crippen LogP contribution in [0.4, 0.5) is 0 Å². The van der Waals surface area contributed by atoms with Crippen molar-refractivity contribution in [2.24, 2.45) is 0 Å². The maximum atomic E-state index is 12.5. The number of carboxylic acid groups (broad SMARTS) is 1. The Morgan fingerprint density at radius 2 is 1.00 bits per heavy atom. The highest BCUT2D eigenvalue weighted by Crippen LogP contribution is 2.15. The highest BCUT2D eigenvalue weighted by molar-refractivity contribution is 5.69. The molecule has 258 valence electrons. The number of hydrogen-bond donors (Lipinski definition) is 1. The minimum atomic E-state index is -0.751. The van der Waals surface area contributed by atoms with Gasteiger partial charge in [-0.05, 0) is 83.1 Å². The minimum Gasteiger partial charge on any atom is -0.481 e. The topological polar surface area (TPSA) is 63.6 Å². The summed E-state index contributed by atoms with van der Waals surface area (Å²) in [4.78, 5) is 23.3. The first-order valence-corrected chi connectivity index (χ1v) is 18.8. The van der Waals surface area contributed by atoms with E-state index in [9.17, 15) is 9.59 Å². The second-order valence-corrected chi connectivity index (χ2v) is 12.4. The SMILES string of the molecule is CC/C=C\C/C=C\C/C=C\C/C=C\C(CCCCCC(=O)O)OC(=O)CCCCCCCCC/C=C\CCCCCCCCC. The van der Waals surface area contributed by atoms with Crippen LogP contribution in [0.1, 0.15) is 181 Å². The Balaban J connectivity index is 4.05. The molecular formula is C41H70O4. The summed E-state index contributed by atoms with van der Waals surface area (Å²) in [6.07, 6.45) is 49.6. The molecule has 1 N–H and O–H groups in total. The van der Waals surface area contributed by atoms with Crippen LogP contribution in [0, 0.1) is 0 Å². The normalized spacial score (nSPS) is 12.9. The van der Waals surface area contributed by atoms with E-state index >= 15 is 0 Å². The van der Waals surface area contributed by atoms with E-state index in [0.717, 1.165) is 57.8 Å². The number of carbonyl (C=O) groups is 2. The van der Waals surface area contributed by atoms with Crippen LogP contribution in [0.15, 0.2) is 60.8 Å². The molecule has 0 saturated heterocycles. The summed E-state index contributed by atoms with van der Waals surface area (Å²) in [7, 11) is 0. The average Bonchev–Trinajstić information content (AvgIpc) is 3.02. The van der Waals surface area contributed by atoms with Crippen molar-refractivity contribution in [2.45, 2.75) is 187 Å². The van der Waals surface area contributed by atoms with Crippen molar-refractivity contribution in [1.82, 2.24) is 0 Å². The van der Waals surface area contributed by atoms with Crippen molar-refractivity contribution < 1.29 is 19.4 Å². The molecule has 4 nitrogen and oxygen atoms in total. The van der Waals surface area contributed by atoms with Crippen molar-refractivity contribution in [3.63, 3.8) is 0 Å². The Hall–Kier alpha value is -2.36. The van der Waals surface area contributed by atoms with Crippen LogP contribution >= 0.6 is 0 Å². The number of esters is 1. The van der Waals surface area contributed by atoms with Gasteiger partial charge in [-0.3, -0.25) is 9.59 Å². The summed E-state index contributed by atoms with van der Waals surface area (Å²) in [5.74, 6) is -0.866. The first-order chi connectivity index (χ1) is 22.1. The molecule has 0 radical (unpaired) electrons. The summed E-state index contributed by atoms with van der Waals surface area (Å²) in [5.41, 5.74) is 0. The molecule has 0 rings (SSSR count). The summed E-state index contributed by atoms with van der Waals surface area (Å²) in [6, 6.07) is 0. The molecule has 45 heavy (non-hydrogen) atoms. The van der Waals surface area contributed by atoms with Gasteiger partial charge >= 0.3 is 11.9 Å². The fourth-order valence-electron chi connectivity index (χ4n) is 5.20. The Bertz CT molecular complexity index is 804. The predicted molar refractivity (Wildman–Crippen MR) is 195 cm³/mol. The third-order valence-corrected chi connectivity index (χ3v) is 7.96. The van der Waals surface area contributed by atoms with Gasteiger partial charge in [0, 0.05) is 12.8 Å². The largest absolute Gasteiger partial charge is 0.481 e. The quantitative estimate of drug-likeness (QED) is 0.0447. The Labute approximate surface area is 278 Å². The Kier molecular flexibility index (Phi) is 34.2. The van der Waals surface area contributed by atoms with Crippen molar-refractivity contribution in [2.75, 3.05) is 0 Å². The number of carbonyl (C=O) groups excluding carboxylic acids is 1. The second-order valence-electron chi connectivity index (χ2n) is 12.4. The van der Waals surface area contributed by atoms with E-state index in [0.29, 0.717) is 12.8 Å². The third-order valence-electron chi connectivity index (χ3n) is 7.96. The lowest BCUT2D eigenvalue weighted by Gasteiger charge is -2.14. The maximum Gasteiger partial charge on any atom is 0.306 e. The van der Waals surface area contributed by atoms with Crippen molar-refractivity contribution in [3.8, 4) is 0 Å². The van der Waals surface area contributed by atoms with Crippen molar-refractivity contribution in [3.05, 3.63) is 60.8 Å². The highest BCUT2D eigenvalue weighted by atomic mass is 16.5. The zero-order valence-electron chi connectivity index (χ0n) is 29.4. The smallest absolute Gasteiger partial charge is 0.306 e. The average molecular weight is 627 g/mol. The first-order valence-electron chi connectivity index (χ1n) is 18.8. The molecular weight excluding hydrogens is 556 g/mol. The molecule has 0 aliphatic rings. The van der Waals surface area contributed by atoms with Crippen molar-refractivity contribution in [1.29, 1.82) is 0 Å². The van der Waals surface area contributed by atoms with Crippen LogP contribution in [-0.4, -0.2) is 23.1 Å². The number of unbranched alkanes of at least 4 members (excludes halogenated alkanes) is 16. The number of aliphatic carboxylic acids is 1. The van der Waals surface area contributed by atoms with Gasteiger partial charge < -0.3 is 9.84 Å². The third kappa shape index (κ3) is 36.0. The number of carboxylic acids is 1. The van der Waals surface area contributed by atoms with Gasteiger partial charge in [-0.25, -0.2) is 0 Å². The van der Waals surface area contributed by atoms with E-state index in [4.69, 9.17) is 9.84 Å². The summed E-state index contributed by atoms with van der Waals surface area (Å²) in [5, 5.41) is 8.86. The summed E-state index contributed by atoms with van der Waals surface area (Å²) >= 11 is 0. The molecule has 0 heterocycles. The molecule has 0 aromatic rings. The second kappa shape index (κ2) is 36.1. The van der Waals surface area contributed by atoms with Gasteiger partial charge in [0.1, 0.15) is 6.10 Å². The molecule has 0 aromatic heterocycles. The fourth-order valence-corrected chi connectivity index (χ4v) is 5.20. The molecule has 0 fully saturated rings. The Morgan fingerprint density at radius 3 is 1.56 bits per heavy atom. The number of ether oxygens (including phenoxy) is 1. The van der Waals surface area contributed by atoms with Gasteiger partial charge in [0.05, 0.1) is 0 Å². The molecule has 0 saturated carbocycles. The maximum absolute atomic E-state index is 12.5. The van der Waals surface area contributed by atoms with E-state index < -0.39 is 5.97 Å². The highest BCUT2D eigenvalue weighted by Gasteiger charge is 2.11. The lowest BCUT2D eigenvalue weighted by atomic mass is 10.1. The zero-order valence-corrected chi connectivity index (χ0v) is 29.4. The van der Waals surface area contributed by atoms with E-state index in [1.54, 1.807) is 0 Å². The number of hydrogen-bond acceptors (Lipinski definition) is 3. The van der Waals surface area contributed by atoms with Crippen molar-refractivity contribution >= 4 is 11.9 Å². The number of rotatable bonds is 33. The van der Waals surface area contributed by atoms with Crippen LogP contribution in [0.2, 0.25) is 0 Å². The molecule has 0 aliphatic heterocycles. The number of allylic oxidation sites excluding steroid dienone is 9. The van der Waals surface area contributed by atoms with Crippen LogP contribution < -0.4 is 0 Å². The molecule has 0 spiro atoms. The Morgan fingerprint density at radius 1 is 0.533 bits per heavy atom. The molecule has 0 aliphatic carbocycles. The van der Waals surface area contributed by atoms with Gasteiger partial charge in [-0.15, -0.1) is 0 Å². The van der Waals surface area contributed by atoms with Crippen LogP contribution in [0.5, 0.6) is 0 Å². The summed E-state index contributed by atoms with van der Waals surface area (Å²) < 4.78 is 5.81. The standard InChI is InChI=1S/C41H70O4/c1-3-5-7-9-11-13-15-16-17-18-19-20-21-23-25-27-29-34-38-41(44)45-39(36-32-30-33-37-40(42)43)35-31-28-26-24-22-14-12-10-8-6-4-2/h6,8,12,14,17-18,24,26,31,35,39H,3-5,7,9-11,13,15-16,19-23,25,27-30,32-34,36-38H2,1-2H3,(H,42,43)/b8-6-,14-12-,18-17-,26-24-,35-31-. The van der Waals surface area contributed by atoms with Gasteiger partial charge in [0.2, 0.25) is 0 Å². The minimum absolute atomic E-state index is 0.115. The van der Waals surface area contributed by atoms with E-state index in [2.05, 4.69) is 68.5 Å². The predicted octanol–water partition coefficient (Wildman–Crippen LogP) is 12.9. The van der Waals surface area contributed by atoms with Gasteiger partial charge in [-0.1, -0.05) is 146 Å². The lowest BCUT2D eigenvalue weighted by molar-refractivity contribution is -0.147. The molecule has 1 atom stereocenters. The molecule has 0 aromatic carbocycles. The van der Waals surface area contributed by atoms with Crippen LogP contribution in [0.3, 0.4) is 0 Å². The van der Waals surface area contributed by atoms with Gasteiger partial charge in [0.15, 0.2) is 0 Å². The van der Waals surface area contributed by atoms with Crippen LogP contribution in [-0.2, 0) is 14.3 Å². The van der Waals surface area contributed by atoms with Crippen LogP contribution in [0.25, 0.3) is 0 Å². The molecule has 0 bridgehead atoms. The molecule has 4 heteroatoms.